The summed E-state index contributed by atoms with van der Waals surface area (Å²) >= 11 is 1.65. The third-order valence-electron chi connectivity index (χ3n) is 3.15. The minimum Gasteiger partial charge on any atom is -0.151 e. The van der Waals surface area contributed by atoms with Crippen molar-refractivity contribution >= 4 is 50.9 Å². The molecule has 1 heterocycles. The first kappa shape index (κ1) is 12.2. The molecule has 0 N–H and O–H groups in total. The molecule has 0 aliphatic heterocycles. The van der Waals surface area contributed by atoms with Crippen LogP contribution in [0.5, 0.6) is 0 Å². The van der Waals surface area contributed by atoms with Gasteiger partial charge in [0, 0.05) is 10.1 Å². The van der Waals surface area contributed by atoms with Crippen LogP contribution in [-0.4, -0.2) is 7.85 Å². The number of rotatable bonds is 2. The van der Waals surface area contributed by atoms with E-state index >= 15 is 0 Å². The van der Waals surface area contributed by atoms with Gasteiger partial charge in [-0.05, 0) is 34.1 Å². The summed E-state index contributed by atoms with van der Waals surface area (Å²) in [6.07, 6.45) is 8.28. The Kier molecular flexibility index (Phi) is 3.26. The van der Waals surface area contributed by atoms with Gasteiger partial charge in [0.05, 0.1) is 0 Å². The molecule has 1 aromatic heterocycles. The van der Waals surface area contributed by atoms with Crippen molar-refractivity contribution < 1.29 is 0 Å². The predicted molar refractivity (Wildman–Crippen MR) is 88.6 cm³/mol. The average molecular weight is 260 g/mol. The molecule has 2 aromatic carbocycles. The number of hydrogen-bond donors (Lipinski definition) is 0. The number of fused-ring (bicyclic) bond motifs is 3. The number of thiophene rings is 1. The van der Waals surface area contributed by atoms with Crippen LogP contribution in [0.3, 0.4) is 0 Å². The van der Waals surface area contributed by atoms with Gasteiger partial charge >= 0.3 is 0 Å². The van der Waals surface area contributed by atoms with Crippen molar-refractivity contribution in [3.8, 4) is 0 Å². The molecule has 90 valence electrons. The molecule has 0 spiro atoms. The van der Waals surface area contributed by atoms with Crippen molar-refractivity contribution in [1.82, 2.24) is 0 Å². The Bertz CT molecular complexity index is 793. The van der Waals surface area contributed by atoms with Crippen LogP contribution in [-0.2, 0) is 0 Å². The van der Waals surface area contributed by atoms with Crippen LogP contribution < -0.4 is 4.78 Å². The zero-order valence-electron chi connectivity index (χ0n) is 10.8. The molecule has 0 aliphatic rings. The van der Waals surface area contributed by atoms with E-state index in [0.717, 1.165) is 4.78 Å². The maximum atomic E-state index is 5.99. The Morgan fingerprint density at radius 3 is 2.74 bits per heavy atom. The lowest BCUT2D eigenvalue weighted by Gasteiger charge is -2.03. The topological polar surface area (TPSA) is 0 Å². The summed E-state index contributed by atoms with van der Waals surface area (Å²) in [6, 6.07) is 12.8. The van der Waals surface area contributed by atoms with E-state index in [4.69, 9.17) is 7.85 Å². The molecule has 3 aromatic rings. The van der Waals surface area contributed by atoms with Gasteiger partial charge in [-0.15, -0.1) is 0 Å². The maximum absolute atomic E-state index is 5.99. The molecule has 0 fully saturated rings. The molecule has 0 saturated heterocycles. The van der Waals surface area contributed by atoms with Gasteiger partial charge in [-0.25, -0.2) is 0 Å². The quantitative estimate of drug-likeness (QED) is 0.472. The van der Waals surface area contributed by atoms with E-state index in [9.17, 15) is 0 Å². The van der Waals surface area contributed by atoms with Gasteiger partial charge in [-0.2, -0.15) is 11.3 Å². The van der Waals surface area contributed by atoms with E-state index in [1.54, 1.807) is 11.3 Å². The van der Waals surface area contributed by atoms with Gasteiger partial charge in [-0.3, -0.25) is 0 Å². The molecule has 0 unspecified atom stereocenters. The van der Waals surface area contributed by atoms with Crippen LogP contribution in [0, 0.1) is 0 Å². The Morgan fingerprint density at radius 2 is 1.89 bits per heavy atom. The van der Waals surface area contributed by atoms with Gasteiger partial charge in [0.1, 0.15) is 7.85 Å². The third-order valence-corrected chi connectivity index (χ3v) is 4.17. The Labute approximate surface area is 118 Å². The molecule has 0 bridgehead atoms. The van der Waals surface area contributed by atoms with Crippen LogP contribution in [0.2, 0.25) is 0 Å². The zero-order valence-corrected chi connectivity index (χ0v) is 11.6. The first-order valence-electron chi connectivity index (χ1n) is 6.29. The van der Waals surface area contributed by atoms with Crippen LogP contribution >= 0.6 is 11.3 Å². The van der Waals surface area contributed by atoms with Gasteiger partial charge in [0.2, 0.25) is 0 Å². The zero-order chi connectivity index (χ0) is 13.2. The first-order valence-corrected chi connectivity index (χ1v) is 7.11. The minimum absolute atomic E-state index is 0.868. The summed E-state index contributed by atoms with van der Waals surface area (Å²) in [5, 5.41) is 3.78. The molecule has 0 aliphatic carbocycles. The minimum atomic E-state index is 0.868. The van der Waals surface area contributed by atoms with Crippen molar-refractivity contribution in [1.29, 1.82) is 0 Å². The maximum Gasteiger partial charge on any atom is 0.128 e. The van der Waals surface area contributed by atoms with Crippen molar-refractivity contribution in [3.63, 3.8) is 0 Å². The largest absolute Gasteiger partial charge is 0.151 e. The first-order chi connectivity index (χ1) is 9.29. The van der Waals surface area contributed by atoms with Crippen molar-refractivity contribution in [2.24, 2.45) is 0 Å². The van der Waals surface area contributed by atoms with Gasteiger partial charge in [-0.1, -0.05) is 54.6 Å². The van der Waals surface area contributed by atoms with Crippen LogP contribution in [0.4, 0.5) is 0 Å². The Hall–Kier alpha value is -1.80. The van der Waals surface area contributed by atoms with E-state index in [1.165, 1.54) is 26.4 Å². The molecule has 0 nitrogen and oxygen atoms in total. The molecule has 19 heavy (non-hydrogen) atoms. The normalized spacial score (nSPS) is 12.3. The van der Waals surface area contributed by atoms with Crippen molar-refractivity contribution in [2.75, 3.05) is 0 Å². The predicted octanol–water partition coefficient (Wildman–Crippen LogP) is 4.44. The highest BCUT2D eigenvalue weighted by Crippen LogP contribution is 2.32. The summed E-state index contributed by atoms with van der Waals surface area (Å²) in [5.41, 5.74) is 1.23. The molecule has 0 saturated carbocycles. The molecular weight excluding hydrogens is 247 g/mol. The van der Waals surface area contributed by atoms with Gasteiger partial charge in [0.25, 0.3) is 0 Å². The van der Waals surface area contributed by atoms with E-state index < -0.39 is 0 Å². The van der Waals surface area contributed by atoms with Crippen LogP contribution in [0.25, 0.3) is 26.9 Å². The van der Waals surface area contributed by atoms with Gasteiger partial charge in [0.15, 0.2) is 0 Å². The molecular formula is C17H13BS. The number of benzene rings is 2. The fraction of sp³-hybridized carbons (Fsp3) is 0.0588. The van der Waals surface area contributed by atoms with Crippen molar-refractivity contribution in [3.05, 3.63) is 60.2 Å². The lowest BCUT2D eigenvalue weighted by atomic mass is 10.0. The second-order valence-corrected chi connectivity index (χ2v) is 5.55. The lowest BCUT2D eigenvalue weighted by molar-refractivity contribution is 1.74. The highest BCUT2D eigenvalue weighted by Gasteiger charge is 2.07. The SMILES string of the molecule is [B]c1cc2c(s1)c(/C=C\C=C/C)cc1ccccc12. The monoisotopic (exact) mass is 260 g/mol. The van der Waals surface area contributed by atoms with E-state index in [2.05, 4.69) is 48.6 Å². The molecule has 3 rings (SSSR count). The highest BCUT2D eigenvalue weighted by atomic mass is 32.1. The number of hydrogen-bond acceptors (Lipinski definition) is 1. The molecule has 0 atom stereocenters. The average Bonchev–Trinajstić information content (AvgIpc) is 2.81. The van der Waals surface area contributed by atoms with Crippen molar-refractivity contribution in [2.45, 2.75) is 6.92 Å². The summed E-state index contributed by atoms with van der Waals surface area (Å²) in [4.78, 5) is 0. The number of allylic oxidation sites excluding steroid dienone is 3. The van der Waals surface area contributed by atoms with Crippen LogP contribution in [0.1, 0.15) is 12.5 Å². The molecule has 2 heteroatoms. The lowest BCUT2D eigenvalue weighted by Crippen LogP contribution is -1.88. The fourth-order valence-electron chi connectivity index (χ4n) is 2.32. The summed E-state index contributed by atoms with van der Waals surface area (Å²) in [7, 11) is 5.99. The second-order valence-electron chi connectivity index (χ2n) is 4.46. The van der Waals surface area contributed by atoms with E-state index in [0.29, 0.717) is 0 Å². The molecule has 0 amide bonds. The summed E-state index contributed by atoms with van der Waals surface area (Å²) in [6.45, 7) is 2.02. The van der Waals surface area contributed by atoms with Gasteiger partial charge < -0.3 is 0 Å². The Morgan fingerprint density at radius 1 is 1.05 bits per heavy atom. The van der Waals surface area contributed by atoms with E-state index in [-0.39, 0.29) is 0 Å². The van der Waals surface area contributed by atoms with E-state index in [1.807, 2.05) is 19.1 Å². The summed E-state index contributed by atoms with van der Waals surface area (Å²) in [5.74, 6) is 0. The summed E-state index contributed by atoms with van der Waals surface area (Å²) < 4.78 is 2.13. The third kappa shape index (κ3) is 2.24. The Balaban J connectivity index is 2.35. The molecule has 2 radical (unpaired) electrons. The standard InChI is InChI=1S/C17H13BS/c1-2-3-4-8-13-10-12-7-5-6-9-14(12)15-11-16(18)19-17(13)15/h2-11H,1H3/b3-2-,8-4-. The second kappa shape index (κ2) is 5.06. The fourth-order valence-corrected chi connectivity index (χ4v) is 3.26. The van der Waals surface area contributed by atoms with Crippen LogP contribution in [0.15, 0.2) is 54.6 Å². The highest BCUT2D eigenvalue weighted by molar-refractivity contribution is 7.26. The smallest absolute Gasteiger partial charge is 0.128 e.